The van der Waals surface area contributed by atoms with Crippen LogP contribution in [0.4, 0.5) is 23.4 Å². The molecule has 11 heteroatoms. The highest BCUT2D eigenvalue weighted by Crippen LogP contribution is 2.38. The van der Waals surface area contributed by atoms with E-state index in [1.165, 1.54) is 0 Å². The van der Waals surface area contributed by atoms with Crippen molar-refractivity contribution in [2.24, 2.45) is 0 Å². The van der Waals surface area contributed by atoms with E-state index in [4.69, 9.17) is 14.6 Å². The molecule has 0 aromatic carbocycles. The number of nitrogens with zero attached hydrogens (tertiary/aromatic N) is 4. The van der Waals surface area contributed by atoms with Crippen LogP contribution in [-0.4, -0.2) is 45.6 Å². The third kappa shape index (κ3) is 4.98. The molecule has 7 nitrogen and oxygen atoms in total. The summed E-state index contributed by atoms with van der Waals surface area (Å²) in [6, 6.07) is 2.72. The minimum Gasteiger partial charge on any atom is -0.472 e. The van der Waals surface area contributed by atoms with E-state index < -0.39 is 29.5 Å². The van der Waals surface area contributed by atoms with E-state index in [0.29, 0.717) is 38.4 Å². The van der Waals surface area contributed by atoms with Crippen LogP contribution in [0.15, 0.2) is 24.5 Å². The summed E-state index contributed by atoms with van der Waals surface area (Å²) in [5.74, 6) is -1.07. The lowest BCUT2D eigenvalue weighted by Crippen LogP contribution is -2.27. The van der Waals surface area contributed by atoms with Gasteiger partial charge in [0.05, 0.1) is 29.4 Å². The Morgan fingerprint density at radius 3 is 2.67 bits per heavy atom. The topological polar surface area (TPSA) is 74.1 Å². The molecule has 1 aliphatic carbocycles. The van der Waals surface area contributed by atoms with E-state index in [1.54, 1.807) is 0 Å². The van der Waals surface area contributed by atoms with E-state index in [2.05, 4.69) is 20.0 Å². The Balaban J connectivity index is 1.35. The molecule has 3 aromatic rings. The maximum atomic E-state index is 14.4. The molecular formula is C25H29F4N5O2. The number of alkyl halides is 3. The van der Waals surface area contributed by atoms with Gasteiger partial charge in [-0.25, -0.2) is 14.4 Å². The highest BCUT2D eigenvalue weighted by molar-refractivity contribution is 5.84. The molecule has 1 atom stereocenters. The van der Waals surface area contributed by atoms with Crippen LogP contribution in [0.25, 0.3) is 10.9 Å². The molecule has 2 fully saturated rings. The standard InChI is InChI=1S/C25H29F4N5O2/c1-2-30-21-12-20-18(13-32-21)23(15-4-3-11-35-14-15)33-34(20)16-5-7-17(8-6-16)36-24-22(26)19(9-10-31-24)25(27,28)29/h9-10,12-13,15-17H,2-8,11,14H2,1H3,(H,30,32). The fourth-order valence-corrected chi connectivity index (χ4v) is 5.16. The van der Waals surface area contributed by atoms with Crippen LogP contribution < -0.4 is 10.1 Å². The number of hydrogen-bond donors (Lipinski definition) is 1. The lowest BCUT2D eigenvalue weighted by Gasteiger charge is -2.29. The van der Waals surface area contributed by atoms with Gasteiger partial charge in [0, 0.05) is 42.9 Å². The predicted octanol–water partition coefficient (Wildman–Crippen LogP) is 5.87. The molecule has 0 spiro atoms. The molecule has 1 unspecified atom stereocenters. The maximum Gasteiger partial charge on any atom is 0.419 e. The molecule has 0 radical (unpaired) electrons. The third-order valence-corrected chi connectivity index (χ3v) is 6.96. The van der Waals surface area contributed by atoms with Gasteiger partial charge in [-0.05, 0) is 51.5 Å². The fourth-order valence-electron chi connectivity index (χ4n) is 5.16. The van der Waals surface area contributed by atoms with Gasteiger partial charge in [-0.15, -0.1) is 0 Å². The molecule has 1 N–H and O–H groups in total. The lowest BCUT2D eigenvalue weighted by atomic mass is 9.93. The Morgan fingerprint density at radius 1 is 1.17 bits per heavy atom. The van der Waals surface area contributed by atoms with Crippen LogP contribution in [0, 0.1) is 5.82 Å². The summed E-state index contributed by atoms with van der Waals surface area (Å²) in [4.78, 5) is 8.26. The number of fused-ring (bicyclic) bond motifs is 1. The molecule has 3 aromatic heterocycles. The third-order valence-electron chi connectivity index (χ3n) is 6.96. The van der Waals surface area contributed by atoms with E-state index in [1.807, 2.05) is 19.2 Å². The number of hydrogen-bond acceptors (Lipinski definition) is 6. The number of ether oxygens (including phenoxy) is 2. The molecule has 36 heavy (non-hydrogen) atoms. The van der Waals surface area contributed by atoms with E-state index >= 15 is 0 Å². The number of pyridine rings is 2. The van der Waals surface area contributed by atoms with Crippen molar-refractivity contribution in [2.45, 2.75) is 69.7 Å². The molecule has 4 heterocycles. The second kappa shape index (κ2) is 10.2. The molecule has 2 aliphatic rings. The van der Waals surface area contributed by atoms with Crippen molar-refractivity contribution in [3.05, 3.63) is 41.6 Å². The predicted molar refractivity (Wildman–Crippen MR) is 126 cm³/mol. The summed E-state index contributed by atoms with van der Waals surface area (Å²) in [7, 11) is 0. The lowest BCUT2D eigenvalue weighted by molar-refractivity contribution is -0.140. The number of nitrogens with one attached hydrogen (secondary N) is 1. The highest BCUT2D eigenvalue weighted by atomic mass is 19.4. The van der Waals surface area contributed by atoms with Crippen molar-refractivity contribution < 1.29 is 27.0 Å². The minimum atomic E-state index is -4.80. The molecule has 1 aliphatic heterocycles. The summed E-state index contributed by atoms with van der Waals surface area (Å²) in [6.45, 7) is 4.16. The fraction of sp³-hybridized carbons (Fsp3) is 0.560. The Kier molecular flexibility index (Phi) is 7.00. The molecular weight excluding hydrogens is 478 g/mol. The summed E-state index contributed by atoms with van der Waals surface area (Å²) in [6.07, 6.45) is 2.08. The zero-order valence-corrected chi connectivity index (χ0v) is 20.0. The number of halogens is 4. The van der Waals surface area contributed by atoms with Gasteiger partial charge in [0.15, 0.2) is 5.82 Å². The van der Waals surface area contributed by atoms with Gasteiger partial charge in [0.1, 0.15) is 11.9 Å². The highest BCUT2D eigenvalue weighted by Gasteiger charge is 2.37. The van der Waals surface area contributed by atoms with Gasteiger partial charge < -0.3 is 14.8 Å². The van der Waals surface area contributed by atoms with E-state index in [0.717, 1.165) is 54.6 Å². The first kappa shape index (κ1) is 24.7. The van der Waals surface area contributed by atoms with Gasteiger partial charge in [0.25, 0.3) is 5.88 Å². The van der Waals surface area contributed by atoms with Crippen LogP contribution in [0.5, 0.6) is 5.88 Å². The van der Waals surface area contributed by atoms with Crippen molar-refractivity contribution in [3.63, 3.8) is 0 Å². The van der Waals surface area contributed by atoms with Crippen LogP contribution in [0.2, 0.25) is 0 Å². The Hall–Kier alpha value is -2.95. The number of anilines is 1. The minimum absolute atomic E-state index is 0.0850. The second-order valence-electron chi connectivity index (χ2n) is 9.38. The van der Waals surface area contributed by atoms with E-state index in [-0.39, 0.29) is 12.0 Å². The zero-order chi connectivity index (χ0) is 25.3. The van der Waals surface area contributed by atoms with Crippen molar-refractivity contribution in [1.82, 2.24) is 19.7 Å². The number of rotatable bonds is 6. The Bertz CT molecular complexity index is 1200. The quantitative estimate of drug-likeness (QED) is 0.421. The average molecular weight is 508 g/mol. The maximum absolute atomic E-state index is 14.4. The van der Waals surface area contributed by atoms with Crippen molar-refractivity contribution in [1.29, 1.82) is 0 Å². The molecule has 5 rings (SSSR count). The first-order valence-electron chi connectivity index (χ1n) is 12.4. The molecule has 194 valence electrons. The molecule has 1 saturated heterocycles. The van der Waals surface area contributed by atoms with Crippen LogP contribution in [-0.2, 0) is 10.9 Å². The molecule has 0 amide bonds. The smallest absolute Gasteiger partial charge is 0.419 e. The first-order chi connectivity index (χ1) is 17.3. The molecule has 1 saturated carbocycles. The summed E-state index contributed by atoms with van der Waals surface area (Å²) >= 11 is 0. The van der Waals surface area contributed by atoms with Crippen LogP contribution in [0.1, 0.15) is 68.7 Å². The van der Waals surface area contributed by atoms with E-state index in [9.17, 15) is 17.6 Å². The van der Waals surface area contributed by atoms with Gasteiger partial charge in [-0.3, -0.25) is 4.68 Å². The van der Waals surface area contributed by atoms with Crippen molar-refractivity contribution in [2.75, 3.05) is 25.1 Å². The van der Waals surface area contributed by atoms with Gasteiger partial charge in [-0.2, -0.15) is 18.3 Å². The van der Waals surface area contributed by atoms with Crippen molar-refractivity contribution >= 4 is 16.7 Å². The van der Waals surface area contributed by atoms with Gasteiger partial charge in [-0.1, -0.05) is 0 Å². The summed E-state index contributed by atoms with van der Waals surface area (Å²) in [5.41, 5.74) is 0.624. The Labute approximate surface area is 206 Å². The Morgan fingerprint density at radius 2 is 1.97 bits per heavy atom. The summed E-state index contributed by atoms with van der Waals surface area (Å²) in [5, 5.41) is 9.30. The van der Waals surface area contributed by atoms with Gasteiger partial charge >= 0.3 is 6.18 Å². The second-order valence-corrected chi connectivity index (χ2v) is 9.38. The average Bonchev–Trinajstić information content (AvgIpc) is 3.25. The largest absolute Gasteiger partial charge is 0.472 e. The van der Waals surface area contributed by atoms with Gasteiger partial charge in [0.2, 0.25) is 0 Å². The number of aromatic nitrogens is 4. The first-order valence-corrected chi connectivity index (χ1v) is 12.4. The molecule has 0 bridgehead atoms. The van der Waals surface area contributed by atoms with Crippen molar-refractivity contribution in [3.8, 4) is 5.88 Å². The van der Waals surface area contributed by atoms with Crippen LogP contribution >= 0.6 is 0 Å². The zero-order valence-electron chi connectivity index (χ0n) is 20.0. The SMILES string of the molecule is CCNc1cc2c(cn1)c(C1CCCOC1)nn2C1CCC(Oc2nccc(C(F)(F)F)c2F)CC1. The van der Waals surface area contributed by atoms with Crippen LogP contribution in [0.3, 0.4) is 0 Å². The monoisotopic (exact) mass is 507 g/mol. The summed E-state index contributed by atoms with van der Waals surface area (Å²) < 4.78 is 66.8. The normalized spacial score (nSPS) is 23.1.